The zero-order chi connectivity index (χ0) is 23.0. The van der Waals surface area contributed by atoms with E-state index >= 15 is 0 Å². The van der Waals surface area contributed by atoms with Crippen LogP contribution >= 0.6 is 0 Å². The molecule has 0 saturated heterocycles. The fourth-order valence-electron chi connectivity index (χ4n) is 3.36. The van der Waals surface area contributed by atoms with Crippen molar-refractivity contribution < 1.29 is 42.9 Å². The molecule has 0 spiro atoms. The van der Waals surface area contributed by atoms with Crippen molar-refractivity contribution in [2.75, 3.05) is 0 Å². The van der Waals surface area contributed by atoms with Crippen LogP contribution in [0.25, 0.3) is 0 Å². The van der Waals surface area contributed by atoms with Crippen molar-refractivity contribution >= 4 is 29.7 Å². The molecule has 0 radical (unpaired) electrons. The van der Waals surface area contributed by atoms with Gasteiger partial charge in [-0.25, -0.2) is 9.59 Å². The van der Waals surface area contributed by atoms with Crippen molar-refractivity contribution in [1.82, 2.24) is 0 Å². The number of carbonyl (C=O) groups excluding carboxylic acids is 5. The molecule has 2 aliphatic heterocycles. The standard InChI is InChI=1S/C23H18O9/c1-3-17(24)29-22-13-7-5-11(9-15(13)20(27)31-22)19(26)12-6-8-14-16(10-12)21(28)32-23(14)30-18(25)4-2/h5-10,22-23H,3-4H2,1-2H3. The maximum absolute atomic E-state index is 13.0. The third-order valence-electron chi connectivity index (χ3n) is 5.06. The molecule has 0 bridgehead atoms. The molecule has 4 rings (SSSR count). The van der Waals surface area contributed by atoms with Crippen LogP contribution in [0.15, 0.2) is 36.4 Å². The number of rotatable bonds is 6. The molecule has 0 saturated carbocycles. The van der Waals surface area contributed by atoms with Crippen LogP contribution in [-0.2, 0) is 28.5 Å². The Morgan fingerprint density at radius 1 is 0.750 bits per heavy atom. The van der Waals surface area contributed by atoms with Gasteiger partial charge in [0.25, 0.3) is 12.6 Å². The van der Waals surface area contributed by atoms with Crippen molar-refractivity contribution in [3.63, 3.8) is 0 Å². The van der Waals surface area contributed by atoms with Gasteiger partial charge in [-0.05, 0) is 24.3 Å². The molecule has 0 fully saturated rings. The number of ether oxygens (including phenoxy) is 4. The number of hydrogen-bond donors (Lipinski definition) is 0. The van der Waals surface area contributed by atoms with Crippen molar-refractivity contribution in [1.29, 1.82) is 0 Å². The van der Waals surface area contributed by atoms with E-state index < -0.39 is 42.2 Å². The van der Waals surface area contributed by atoms with Gasteiger partial charge in [0, 0.05) is 35.1 Å². The summed E-state index contributed by atoms with van der Waals surface area (Å²) in [6.45, 7) is 3.23. The van der Waals surface area contributed by atoms with Gasteiger partial charge in [0.1, 0.15) is 0 Å². The summed E-state index contributed by atoms with van der Waals surface area (Å²) >= 11 is 0. The highest BCUT2D eigenvalue weighted by Crippen LogP contribution is 2.35. The molecule has 2 aromatic carbocycles. The average Bonchev–Trinajstić information content (AvgIpc) is 3.28. The first-order chi connectivity index (χ1) is 15.3. The lowest BCUT2D eigenvalue weighted by Gasteiger charge is -2.11. The first-order valence-corrected chi connectivity index (χ1v) is 9.95. The average molecular weight is 438 g/mol. The third kappa shape index (κ3) is 3.73. The van der Waals surface area contributed by atoms with E-state index in [1.54, 1.807) is 13.8 Å². The topological polar surface area (TPSA) is 122 Å². The quantitative estimate of drug-likeness (QED) is 0.494. The van der Waals surface area contributed by atoms with E-state index in [1.807, 2.05) is 0 Å². The number of cyclic esters (lactones) is 2. The Hall–Kier alpha value is -4.01. The van der Waals surface area contributed by atoms with E-state index in [0.29, 0.717) is 11.1 Å². The molecule has 32 heavy (non-hydrogen) atoms. The Balaban J connectivity index is 1.60. The predicted octanol–water partition coefficient (Wildman–Crippen LogP) is 3.16. The van der Waals surface area contributed by atoms with Crippen LogP contribution in [0, 0.1) is 0 Å². The Labute approximate surface area is 182 Å². The summed E-state index contributed by atoms with van der Waals surface area (Å²) in [5.41, 5.74) is 1.32. The van der Waals surface area contributed by atoms with Crippen LogP contribution in [0.1, 0.15) is 87.0 Å². The van der Waals surface area contributed by atoms with Gasteiger partial charge < -0.3 is 18.9 Å². The molecule has 2 unspecified atom stereocenters. The largest absolute Gasteiger partial charge is 0.421 e. The molecule has 0 N–H and O–H groups in total. The van der Waals surface area contributed by atoms with Crippen molar-refractivity contribution in [2.24, 2.45) is 0 Å². The third-order valence-corrected chi connectivity index (χ3v) is 5.06. The summed E-state index contributed by atoms with van der Waals surface area (Å²) < 4.78 is 20.3. The summed E-state index contributed by atoms with van der Waals surface area (Å²) in [5, 5.41) is 0. The molecule has 164 valence electrons. The van der Waals surface area contributed by atoms with Crippen LogP contribution in [0.4, 0.5) is 0 Å². The van der Waals surface area contributed by atoms with E-state index in [1.165, 1.54) is 36.4 Å². The molecule has 0 aliphatic carbocycles. The second-order valence-corrected chi connectivity index (χ2v) is 7.09. The molecule has 9 heteroatoms. The lowest BCUT2D eigenvalue weighted by molar-refractivity contribution is -0.168. The number of benzene rings is 2. The predicted molar refractivity (Wildman–Crippen MR) is 105 cm³/mol. The van der Waals surface area contributed by atoms with E-state index in [0.717, 1.165) is 0 Å². The fourth-order valence-corrected chi connectivity index (χ4v) is 3.36. The van der Waals surface area contributed by atoms with E-state index in [-0.39, 0.29) is 35.1 Å². The minimum Gasteiger partial charge on any atom is -0.421 e. The second kappa shape index (κ2) is 8.26. The van der Waals surface area contributed by atoms with Gasteiger partial charge in [-0.15, -0.1) is 0 Å². The van der Waals surface area contributed by atoms with Crippen LogP contribution in [0.5, 0.6) is 0 Å². The Morgan fingerprint density at radius 3 is 1.53 bits per heavy atom. The molecular formula is C23H18O9. The molecule has 2 heterocycles. The van der Waals surface area contributed by atoms with Crippen molar-refractivity contribution in [3.05, 3.63) is 69.8 Å². The van der Waals surface area contributed by atoms with Crippen molar-refractivity contribution in [3.8, 4) is 0 Å². The Bertz CT molecular complexity index is 1070. The van der Waals surface area contributed by atoms with E-state index in [2.05, 4.69) is 0 Å². The minimum atomic E-state index is -1.15. The number of fused-ring (bicyclic) bond motifs is 2. The number of ketones is 1. The monoisotopic (exact) mass is 438 g/mol. The van der Waals surface area contributed by atoms with Gasteiger partial charge in [-0.1, -0.05) is 26.0 Å². The highest BCUT2D eigenvalue weighted by molar-refractivity contribution is 6.11. The molecular weight excluding hydrogens is 420 g/mol. The van der Waals surface area contributed by atoms with Crippen LogP contribution in [0.2, 0.25) is 0 Å². The van der Waals surface area contributed by atoms with Gasteiger partial charge in [0.2, 0.25) is 0 Å². The summed E-state index contributed by atoms with van der Waals surface area (Å²) in [7, 11) is 0. The first-order valence-electron chi connectivity index (χ1n) is 9.95. The fraction of sp³-hybridized carbons (Fsp3) is 0.261. The maximum atomic E-state index is 13.0. The molecule has 9 nitrogen and oxygen atoms in total. The lowest BCUT2D eigenvalue weighted by Crippen LogP contribution is -2.10. The molecule has 2 atom stereocenters. The van der Waals surface area contributed by atoms with Gasteiger partial charge in [-0.2, -0.15) is 0 Å². The second-order valence-electron chi connectivity index (χ2n) is 7.09. The maximum Gasteiger partial charge on any atom is 0.342 e. The molecule has 0 amide bonds. The van der Waals surface area contributed by atoms with Gasteiger partial charge >= 0.3 is 23.9 Å². The van der Waals surface area contributed by atoms with E-state index in [4.69, 9.17) is 18.9 Å². The van der Waals surface area contributed by atoms with Gasteiger partial charge in [0.15, 0.2) is 5.78 Å². The lowest BCUT2D eigenvalue weighted by atomic mass is 9.96. The zero-order valence-electron chi connectivity index (χ0n) is 17.2. The summed E-state index contributed by atoms with van der Waals surface area (Å²) in [4.78, 5) is 60.4. The molecule has 2 aliphatic rings. The summed E-state index contributed by atoms with van der Waals surface area (Å²) in [6.07, 6.45) is -2.04. The molecule has 0 aromatic heterocycles. The van der Waals surface area contributed by atoms with Crippen LogP contribution in [-0.4, -0.2) is 29.7 Å². The SMILES string of the molecule is CCC(=O)OC1OC(=O)c2cc(C(=O)c3ccc4c(c3)C(=O)OC4OC(=O)CC)ccc21. The zero-order valence-corrected chi connectivity index (χ0v) is 17.2. The normalized spacial score (nSPS) is 18.3. The Kier molecular flexibility index (Phi) is 5.48. The number of carbonyl (C=O) groups is 5. The smallest absolute Gasteiger partial charge is 0.342 e. The highest BCUT2D eigenvalue weighted by Gasteiger charge is 2.36. The highest BCUT2D eigenvalue weighted by atomic mass is 16.7. The first kappa shape index (κ1) is 21.2. The summed E-state index contributed by atoms with van der Waals surface area (Å²) in [6, 6.07) is 8.65. The number of esters is 4. The van der Waals surface area contributed by atoms with Gasteiger partial charge in [-0.3, -0.25) is 14.4 Å². The van der Waals surface area contributed by atoms with Crippen LogP contribution in [0.3, 0.4) is 0 Å². The minimum absolute atomic E-state index is 0.122. The number of hydrogen-bond acceptors (Lipinski definition) is 9. The van der Waals surface area contributed by atoms with E-state index in [9.17, 15) is 24.0 Å². The summed E-state index contributed by atoms with van der Waals surface area (Å²) in [5.74, 6) is -2.91. The van der Waals surface area contributed by atoms with Crippen LogP contribution < -0.4 is 0 Å². The molecule has 2 aromatic rings. The van der Waals surface area contributed by atoms with Gasteiger partial charge in [0.05, 0.1) is 11.1 Å². The Morgan fingerprint density at radius 2 is 1.16 bits per heavy atom. The van der Waals surface area contributed by atoms with Crippen molar-refractivity contribution in [2.45, 2.75) is 39.3 Å².